The molecular formula is C16H18N2O3S. The van der Waals surface area contributed by atoms with Crippen molar-refractivity contribution >= 4 is 17.7 Å². The zero-order valence-electron chi connectivity index (χ0n) is 12.3. The minimum atomic E-state index is -0.973. The molecule has 5 nitrogen and oxygen atoms in total. The number of hydrogen-bond acceptors (Lipinski definition) is 5. The largest absolute Gasteiger partial charge is 0.461 e. The summed E-state index contributed by atoms with van der Waals surface area (Å²) in [5.74, 6) is 0.232. The molecule has 0 saturated carbocycles. The van der Waals surface area contributed by atoms with Gasteiger partial charge in [0.05, 0.1) is 23.9 Å². The molecule has 2 aromatic rings. The zero-order chi connectivity index (χ0) is 15.6. The maximum absolute atomic E-state index is 11.5. The molecule has 1 aromatic heterocycles. The van der Waals surface area contributed by atoms with Gasteiger partial charge in [-0.05, 0) is 12.5 Å². The summed E-state index contributed by atoms with van der Waals surface area (Å²) in [6, 6.07) is 9.96. The van der Waals surface area contributed by atoms with Gasteiger partial charge in [-0.3, -0.25) is 4.79 Å². The monoisotopic (exact) mass is 318 g/mol. The molecule has 0 bridgehead atoms. The number of hydrogen-bond donors (Lipinski definition) is 2. The van der Waals surface area contributed by atoms with Crippen LogP contribution in [0.15, 0.2) is 41.7 Å². The summed E-state index contributed by atoms with van der Waals surface area (Å²) in [5.41, 5.74) is 1.06. The van der Waals surface area contributed by atoms with Crippen molar-refractivity contribution < 1.29 is 14.6 Å². The Morgan fingerprint density at radius 1 is 1.45 bits per heavy atom. The predicted molar refractivity (Wildman–Crippen MR) is 84.5 cm³/mol. The van der Waals surface area contributed by atoms with Crippen LogP contribution in [-0.4, -0.2) is 38.5 Å². The lowest BCUT2D eigenvalue weighted by Gasteiger charge is -2.32. The molecule has 1 aliphatic heterocycles. The second-order valence-electron chi connectivity index (χ2n) is 5.77. The standard InChI is InChI=1S/C16H18N2O3S/c1-16(20)7-12(21-14(19)8-16)10-22-15-17-9-13(18-15)11-5-3-2-4-6-11/h2-6,9,12,20H,7-8,10H2,1H3,(H,17,18)/t12-,16+/m1/s1. The van der Waals surface area contributed by atoms with Crippen molar-refractivity contribution in [3.63, 3.8) is 0 Å². The number of thioether (sulfide) groups is 1. The summed E-state index contributed by atoms with van der Waals surface area (Å²) < 4.78 is 5.27. The molecule has 0 aliphatic carbocycles. The van der Waals surface area contributed by atoms with Crippen molar-refractivity contribution in [2.45, 2.75) is 36.6 Å². The molecular weight excluding hydrogens is 300 g/mol. The number of nitrogens with zero attached hydrogens (tertiary/aromatic N) is 1. The Morgan fingerprint density at radius 2 is 2.23 bits per heavy atom. The van der Waals surface area contributed by atoms with Crippen molar-refractivity contribution in [2.75, 3.05) is 5.75 Å². The molecule has 1 aromatic carbocycles. The molecule has 1 saturated heterocycles. The highest BCUT2D eigenvalue weighted by molar-refractivity contribution is 7.99. The zero-order valence-corrected chi connectivity index (χ0v) is 13.1. The third kappa shape index (κ3) is 3.69. The Kier molecular flexibility index (Phi) is 4.22. The fraction of sp³-hybridized carbons (Fsp3) is 0.375. The number of aliphatic hydroxyl groups is 1. The average molecular weight is 318 g/mol. The van der Waals surface area contributed by atoms with Gasteiger partial charge in [0, 0.05) is 12.2 Å². The van der Waals surface area contributed by atoms with Crippen LogP contribution in [0, 0.1) is 0 Å². The Bertz CT molecular complexity index is 654. The van der Waals surface area contributed by atoms with Gasteiger partial charge >= 0.3 is 5.97 Å². The van der Waals surface area contributed by atoms with E-state index in [1.807, 2.05) is 30.3 Å². The van der Waals surface area contributed by atoms with Gasteiger partial charge in [0.1, 0.15) is 6.10 Å². The van der Waals surface area contributed by atoms with Gasteiger partial charge < -0.3 is 14.8 Å². The van der Waals surface area contributed by atoms with Crippen LogP contribution in [-0.2, 0) is 9.53 Å². The molecule has 3 rings (SSSR count). The number of ether oxygens (including phenoxy) is 1. The number of H-pyrrole nitrogens is 1. The third-order valence-electron chi connectivity index (χ3n) is 3.53. The number of cyclic esters (lactones) is 1. The van der Waals surface area contributed by atoms with Gasteiger partial charge in [-0.2, -0.15) is 0 Å². The van der Waals surface area contributed by atoms with E-state index >= 15 is 0 Å². The third-order valence-corrected chi connectivity index (χ3v) is 4.55. The van der Waals surface area contributed by atoms with E-state index in [1.54, 1.807) is 13.1 Å². The Hall–Kier alpha value is -1.79. The Labute approximate surface area is 133 Å². The highest BCUT2D eigenvalue weighted by Crippen LogP contribution is 2.29. The minimum Gasteiger partial charge on any atom is -0.461 e. The molecule has 1 aliphatic rings. The number of carbonyl (C=O) groups is 1. The lowest BCUT2D eigenvalue weighted by molar-refractivity contribution is -0.165. The molecule has 116 valence electrons. The number of imidazole rings is 1. The molecule has 2 atom stereocenters. The smallest absolute Gasteiger partial charge is 0.309 e. The maximum atomic E-state index is 11.5. The van der Waals surface area contributed by atoms with E-state index in [0.717, 1.165) is 16.4 Å². The molecule has 1 fully saturated rings. The first-order valence-electron chi connectivity index (χ1n) is 7.17. The minimum absolute atomic E-state index is 0.0626. The highest BCUT2D eigenvalue weighted by Gasteiger charge is 2.36. The van der Waals surface area contributed by atoms with E-state index in [9.17, 15) is 9.90 Å². The van der Waals surface area contributed by atoms with E-state index < -0.39 is 5.60 Å². The van der Waals surface area contributed by atoms with Crippen LogP contribution in [0.5, 0.6) is 0 Å². The number of rotatable bonds is 4. The molecule has 2 N–H and O–H groups in total. The van der Waals surface area contributed by atoms with Gasteiger partial charge in [0.15, 0.2) is 5.16 Å². The SMILES string of the molecule is C[C@@]1(O)CC(=O)O[C@@H](CSc2ncc(-c3ccccc3)[nH]2)C1. The van der Waals surface area contributed by atoms with Crippen LogP contribution in [0.1, 0.15) is 19.8 Å². The second kappa shape index (κ2) is 6.14. The highest BCUT2D eigenvalue weighted by atomic mass is 32.2. The first-order chi connectivity index (χ1) is 10.5. The number of nitrogens with one attached hydrogen (secondary N) is 1. The molecule has 6 heteroatoms. The quantitative estimate of drug-likeness (QED) is 0.669. The number of carbonyl (C=O) groups excluding carboxylic acids is 1. The first-order valence-corrected chi connectivity index (χ1v) is 8.15. The summed E-state index contributed by atoms with van der Waals surface area (Å²) in [6.07, 6.45) is 2.03. The molecule has 22 heavy (non-hydrogen) atoms. The second-order valence-corrected chi connectivity index (χ2v) is 6.78. The van der Waals surface area contributed by atoms with Gasteiger partial charge in [-0.25, -0.2) is 4.98 Å². The van der Waals surface area contributed by atoms with Crippen molar-refractivity contribution in [1.29, 1.82) is 0 Å². The van der Waals surface area contributed by atoms with Crippen molar-refractivity contribution in [2.24, 2.45) is 0 Å². The van der Waals surface area contributed by atoms with Crippen LogP contribution in [0.4, 0.5) is 0 Å². The van der Waals surface area contributed by atoms with E-state index in [1.165, 1.54) is 11.8 Å². The van der Waals surface area contributed by atoms with Crippen molar-refractivity contribution in [3.8, 4) is 11.3 Å². The number of benzene rings is 1. The molecule has 0 unspecified atom stereocenters. The summed E-state index contributed by atoms with van der Waals surface area (Å²) >= 11 is 1.49. The summed E-state index contributed by atoms with van der Waals surface area (Å²) in [4.78, 5) is 19.1. The molecule has 2 heterocycles. The van der Waals surface area contributed by atoms with Crippen molar-refractivity contribution in [3.05, 3.63) is 36.5 Å². The van der Waals surface area contributed by atoms with Gasteiger partial charge in [0.2, 0.25) is 0 Å². The molecule has 0 spiro atoms. The first kappa shape index (κ1) is 15.1. The van der Waals surface area contributed by atoms with Crippen LogP contribution in [0.25, 0.3) is 11.3 Å². The van der Waals surface area contributed by atoms with Crippen molar-refractivity contribution in [1.82, 2.24) is 9.97 Å². The lowest BCUT2D eigenvalue weighted by Crippen LogP contribution is -2.41. The fourth-order valence-electron chi connectivity index (χ4n) is 2.55. The Balaban J connectivity index is 1.60. The number of aromatic amines is 1. The maximum Gasteiger partial charge on any atom is 0.309 e. The van der Waals surface area contributed by atoms with Crippen LogP contribution < -0.4 is 0 Å². The normalized spacial score (nSPS) is 25.0. The van der Waals surface area contributed by atoms with E-state index in [-0.39, 0.29) is 18.5 Å². The summed E-state index contributed by atoms with van der Waals surface area (Å²) in [5, 5.41) is 10.8. The Morgan fingerprint density at radius 3 is 2.95 bits per heavy atom. The van der Waals surface area contributed by atoms with Gasteiger partial charge in [-0.15, -0.1) is 0 Å². The predicted octanol–water partition coefficient (Wildman–Crippen LogP) is 2.63. The molecule has 0 amide bonds. The van der Waals surface area contributed by atoms with Gasteiger partial charge in [0.25, 0.3) is 0 Å². The average Bonchev–Trinajstić information content (AvgIpc) is 2.93. The van der Waals surface area contributed by atoms with E-state index in [0.29, 0.717) is 12.2 Å². The van der Waals surface area contributed by atoms with Crippen LogP contribution in [0.3, 0.4) is 0 Å². The summed E-state index contributed by atoms with van der Waals surface area (Å²) in [6.45, 7) is 1.67. The van der Waals surface area contributed by atoms with E-state index in [4.69, 9.17) is 4.74 Å². The van der Waals surface area contributed by atoms with Crippen LogP contribution >= 0.6 is 11.8 Å². The molecule has 0 radical (unpaired) electrons. The van der Waals surface area contributed by atoms with Crippen LogP contribution in [0.2, 0.25) is 0 Å². The lowest BCUT2D eigenvalue weighted by atomic mass is 9.93. The summed E-state index contributed by atoms with van der Waals surface area (Å²) in [7, 11) is 0. The number of esters is 1. The van der Waals surface area contributed by atoms with Gasteiger partial charge in [-0.1, -0.05) is 42.1 Å². The van der Waals surface area contributed by atoms with E-state index in [2.05, 4.69) is 9.97 Å². The number of aromatic nitrogens is 2. The topological polar surface area (TPSA) is 75.2 Å². The fourth-order valence-corrected chi connectivity index (χ4v) is 3.39.